The molecule has 0 saturated heterocycles. The van der Waals surface area contributed by atoms with Crippen molar-refractivity contribution >= 4 is 11.6 Å². The summed E-state index contributed by atoms with van der Waals surface area (Å²) in [5, 5.41) is 7.24. The zero-order chi connectivity index (χ0) is 14.8. The Morgan fingerprint density at radius 1 is 1.38 bits per heavy atom. The number of methoxy groups -OCH3 is 1. The van der Waals surface area contributed by atoms with Crippen molar-refractivity contribution < 1.29 is 9.53 Å². The fourth-order valence-corrected chi connectivity index (χ4v) is 2.41. The first kappa shape index (κ1) is 13.6. The van der Waals surface area contributed by atoms with Crippen LogP contribution in [-0.2, 0) is 4.74 Å². The number of anilines is 1. The zero-order valence-corrected chi connectivity index (χ0v) is 11.8. The largest absolute Gasteiger partial charge is 0.397 e. The van der Waals surface area contributed by atoms with Gasteiger partial charge in [0.15, 0.2) is 5.69 Å². The molecule has 1 heterocycles. The highest BCUT2D eigenvalue weighted by Crippen LogP contribution is 2.23. The molecule has 110 valence electrons. The highest BCUT2D eigenvalue weighted by Gasteiger charge is 2.30. The number of aromatic nitrogens is 2. The van der Waals surface area contributed by atoms with Crippen LogP contribution in [0.15, 0.2) is 36.5 Å². The molecule has 0 atom stereocenters. The number of carbonyl (C=O) groups is 1. The van der Waals surface area contributed by atoms with Crippen molar-refractivity contribution in [3.63, 3.8) is 0 Å². The van der Waals surface area contributed by atoms with E-state index < -0.39 is 0 Å². The third kappa shape index (κ3) is 2.75. The van der Waals surface area contributed by atoms with Gasteiger partial charge in [-0.2, -0.15) is 5.10 Å². The standard InChI is InChI=1S/C15H18N4O2/c1-21-11-8-10(9-11)17-15(20)13-6-7-19(18-13)14-5-3-2-4-12(14)16/h2-7,10-11H,8-9,16H2,1H3,(H,17,20). The molecule has 2 aromatic rings. The van der Waals surface area contributed by atoms with Crippen LogP contribution in [0, 0.1) is 0 Å². The van der Waals surface area contributed by atoms with Gasteiger partial charge < -0.3 is 15.8 Å². The monoisotopic (exact) mass is 286 g/mol. The van der Waals surface area contributed by atoms with Gasteiger partial charge in [-0.3, -0.25) is 4.79 Å². The van der Waals surface area contributed by atoms with Crippen molar-refractivity contribution in [2.75, 3.05) is 12.8 Å². The average molecular weight is 286 g/mol. The Morgan fingerprint density at radius 2 is 2.14 bits per heavy atom. The highest BCUT2D eigenvalue weighted by molar-refractivity contribution is 5.92. The van der Waals surface area contributed by atoms with E-state index in [1.807, 2.05) is 18.2 Å². The Hall–Kier alpha value is -2.34. The zero-order valence-electron chi connectivity index (χ0n) is 11.8. The van der Waals surface area contributed by atoms with Crippen LogP contribution in [-0.4, -0.2) is 34.9 Å². The summed E-state index contributed by atoms with van der Waals surface area (Å²) in [6.45, 7) is 0. The van der Waals surface area contributed by atoms with E-state index in [1.165, 1.54) is 0 Å². The molecule has 1 aliphatic rings. The number of rotatable bonds is 4. The van der Waals surface area contributed by atoms with E-state index in [9.17, 15) is 4.79 Å². The number of nitrogens with one attached hydrogen (secondary N) is 1. The van der Waals surface area contributed by atoms with Crippen molar-refractivity contribution in [1.29, 1.82) is 0 Å². The second-order valence-corrected chi connectivity index (χ2v) is 5.20. The lowest BCUT2D eigenvalue weighted by atomic mass is 9.89. The summed E-state index contributed by atoms with van der Waals surface area (Å²) in [6.07, 6.45) is 3.71. The Bertz CT molecular complexity index is 647. The molecule has 0 bridgehead atoms. The molecular formula is C15H18N4O2. The van der Waals surface area contributed by atoms with Crippen molar-refractivity contribution in [3.05, 3.63) is 42.2 Å². The molecule has 3 rings (SSSR count). The molecular weight excluding hydrogens is 268 g/mol. The number of hydrogen-bond donors (Lipinski definition) is 2. The van der Waals surface area contributed by atoms with E-state index in [0.29, 0.717) is 11.4 Å². The van der Waals surface area contributed by atoms with Gasteiger partial charge in [-0.25, -0.2) is 4.68 Å². The van der Waals surface area contributed by atoms with Gasteiger partial charge in [0.1, 0.15) is 0 Å². The maximum absolute atomic E-state index is 12.1. The number of hydrogen-bond acceptors (Lipinski definition) is 4. The molecule has 1 amide bonds. The van der Waals surface area contributed by atoms with Gasteiger partial charge in [0, 0.05) is 19.3 Å². The summed E-state index contributed by atoms with van der Waals surface area (Å²) in [5.41, 5.74) is 7.68. The lowest BCUT2D eigenvalue weighted by Crippen LogP contribution is -2.47. The van der Waals surface area contributed by atoms with Gasteiger partial charge in [0.25, 0.3) is 5.91 Å². The predicted molar refractivity (Wildman–Crippen MR) is 79.3 cm³/mol. The van der Waals surface area contributed by atoms with Crippen molar-refractivity contribution in [1.82, 2.24) is 15.1 Å². The lowest BCUT2D eigenvalue weighted by molar-refractivity contribution is 0.0175. The molecule has 1 aromatic carbocycles. The Balaban J connectivity index is 1.68. The fourth-order valence-electron chi connectivity index (χ4n) is 2.41. The van der Waals surface area contributed by atoms with Crippen molar-refractivity contribution in [2.24, 2.45) is 0 Å². The SMILES string of the molecule is COC1CC(NC(=O)c2ccn(-c3ccccc3N)n2)C1. The molecule has 6 heteroatoms. The van der Waals surface area contributed by atoms with E-state index in [4.69, 9.17) is 10.5 Å². The van der Waals surface area contributed by atoms with Gasteiger partial charge in [-0.1, -0.05) is 12.1 Å². The third-order valence-electron chi connectivity index (χ3n) is 3.77. The molecule has 1 aromatic heterocycles. The number of nitrogens with zero attached hydrogens (tertiary/aromatic N) is 2. The first-order chi connectivity index (χ1) is 10.2. The molecule has 0 unspecified atom stereocenters. The van der Waals surface area contributed by atoms with Crippen LogP contribution in [0.2, 0.25) is 0 Å². The Labute approximate surface area is 122 Å². The number of nitrogens with two attached hydrogens (primary N) is 1. The average Bonchev–Trinajstić information content (AvgIpc) is 2.92. The van der Waals surface area contributed by atoms with Crippen LogP contribution in [0.25, 0.3) is 5.69 Å². The fraction of sp³-hybridized carbons (Fsp3) is 0.333. The second kappa shape index (κ2) is 5.57. The van der Waals surface area contributed by atoms with Crippen LogP contribution in [0.3, 0.4) is 0 Å². The van der Waals surface area contributed by atoms with Crippen LogP contribution in [0.5, 0.6) is 0 Å². The van der Waals surface area contributed by atoms with Gasteiger partial charge in [-0.05, 0) is 31.0 Å². The quantitative estimate of drug-likeness (QED) is 0.831. The summed E-state index contributed by atoms with van der Waals surface area (Å²) < 4.78 is 6.81. The van der Waals surface area contributed by atoms with Crippen LogP contribution in [0.4, 0.5) is 5.69 Å². The number of nitrogen functional groups attached to an aromatic ring is 1. The maximum atomic E-state index is 12.1. The van der Waals surface area contributed by atoms with Gasteiger partial charge in [0.2, 0.25) is 0 Å². The van der Waals surface area contributed by atoms with Gasteiger partial charge in [0.05, 0.1) is 17.5 Å². The van der Waals surface area contributed by atoms with E-state index in [1.54, 1.807) is 30.1 Å². The smallest absolute Gasteiger partial charge is 0.272 e. The highest BCUT2D eigenvalue weighted by atomic mass is 16.5. The summed E-state index contributed by atoms with van der Waals surface area (Å²) in [6, 6.07) is 9.27. The molecule has 0 spiro atoms. The first-order valence-corrected chi connectivity index (χ1v) is 6.91. The summed E-state index contributed by atoms with van der Waals surface area (Å²) in [7, 11) is 1.69. The van der Waals surface area contributed by atoms with E-state index in [-0.39, 0.29) is 18.1 Å². The minimum absolute atomic E-state index is 0.164. The first-order valence-electron chi connectivity index (χ1n) is 6.91. The molecule has 1 aliphatic carbocycles. The molecule has 0 radical (unpaired) electrons. The molecule has 21 heavy (non-hydrogen) atoms. The normalized spacial score (nSPS) is 20.8. The number of amides is 1. The molecule has 1 saturated carbocycles. The minimum atomic E-state index is -0.164. The van der Waals surface area contributed by atoms with Gasteiger partial charge in [-0.15, -0.1) is 0 Å². The number of carbonyl (C=O) groups excluding carboxylic acids is 1. The van der Waals surface area contributed by atoms with Crippen molar-refractivity contribution in [3.8, 4) is 5.69 Å². The molecule has 3 N–H and O–H groups in total. The van der Waals surface area contributed by atoms with Crippen LogP contribution >= 0.6 is 0 Å². The third-order valence-corrected chi connectivity index (χ3v) is 3.77. The van der Waals surface area contributed by atoms with Crippen LogP contribution < -0.4 is 11.1 Å². The van der Waals surface area contributed by atoms with E-state index in [0.717, 1.165) is 18.5 Å². The van der Waals surface area contributed by atoms with E-state index in [2.05, 4.69) is 10.4 Å². The minimum Gasteiger partial charge on any atom is -0.397 e. The summed E-state index contributed by atoms with van der Waals surface area (Å²) in [4.78, 5) is 12.1. The summed E-state index contributed by atoms with van der Waals surface area (Å²) >= 11 is 0. The molecule has 0 aliphatic heterocycles. The maximum Gasteiger partial charge on any atom is 0.272 e. The topological polar surface area (TPSA) is 82.2 Å². The molecule has 1 fully saturated rings. The number of benzene rings is 1. The number of para-hydroxylation sites is 2. The van der Waals surface area contributed by atoms with Crippen LogP contribution in [0.1, 0.15) is 23.3 Å². The lowest BCUT2D eigenvalue weighted by Gasteiger charge is -2.34. The molecule has 6 nitrogen and oxygen atoms in total. The number of ether oxygens (including phenoxy) is 1. The predicted octanol–water partition coefficient (Wildman–Crippen LogP) is 1.36. The summed E-state index contributed by atoms with van der Waals surface area (Å²) in [5.74, 6) is -0.164. The Morgan fingerprint density at radius 3 is 2.86 bits per heavy atom. The van der Waals surface area contributed by atoms with Crippen molar-refractivity contribution in [2.45, 2.75) is 25.0 Å². The van der Waals surface area contributed by atoms with E-state index >= 15 is 0 Å². The van der Waals surface area contributed by atoms with Gasteiger partial charge >= 0.3 is 0 Å². The second-order valence-electron chi connectivity index (χ2n) is 5.20. The Kier molecular flexibility index (Phi) is 3.62.